The van der Waals surface area contributed by atoms with Crippen molar-refractivity contribution in [1.29, 1.82) is 0 Å². The smallest absolute Gasteiger partial charge is 0.264 e. The largest absolute Gasteiger partial charge is 0.383 e. The molecular weight excluding hydrogens is 657 g/mol. The molecule has 3 N–H and O–H groups in total. The summed E-state index contributed by atoms with van der Waals surface area (Å²) >= 11 is 0. The van der Waals surface area contributed by atoms with E-state index in [1.54, 1.807) is 51.2 Å². The molecule has 1 aromatic heterocycles. The molecular formula is C37H40FN7O6. The van der Waals surface area contributed by atoms with Crippen LogP contribution >= 0.6 is 0 Å². The first-order valence-corrected chi connectivity index (χ1v) is 16.9. The number of rotatable bonds is 11. The van der Waals surface area contributed by atoms with Crippen molar-refractivity contribution in [2.45, 2.75) is 39.7 Å². The predicted octanol–water partition coefficient (Wildman–Crippen LogP) is 3.19. The number of likely N-dealkylation sites (N-methyl/N-ethyl adjacent to an activating group) is 3. The minimum Gasteiger partial charge on any atom is -0.383 e. The van der Waals surface area contributed by atoms with Crippen LogP contribution in [0.5, 0.6) is 0 Å². The number of hydrogen-bond acceptors (Lipinski definition) is 8. The van der Waals surface area contributed by atoms with Gasteiger partial charge in [-0.2, -0.15) is 0 Å². The molecule has 1 unspecified atom stereocenters. The molecule has 6 rings (SSSR count). The van der Waals surface area contributed by atoms with Gasteiger partial charge in [-0.15, -0.1) is 0 Å². The summed E-state index contributed by atoms with van der Waals surface area (Å²) in [5.74, 6) is -3.00. The van der Waals surface area contributed by atoms with Crippen LogP contribution in [0.1, 0.15) is 73.4 Å². The van der Waals surface area contributed by atoms with E-state index in [0.29, 0.717) is 77.7 Å². The molecule has 6 amide bonds. The van der Waals surface area contributed by atoms with Crippen LogP contribution < -0.4 is 15.5 Å². The van der Waals surface area contributed by atoms with E-state index in [1.807, 2.05) is 6.92 Å². The zero-order valence-corrected chi connectivity index (χ0v) is 29.2. The van der Waals surface area contributed by atoms with Gasteiger partial charge in [0.15, 0.2) is 0 Å². The third-order valence-corrected chi connectivity index (χ3v) is 9.92. The Morgan fingerprint density at radius 3 is 2.47 bits per heavy atom. The number of piperidine rings is 1. The van der Waals surface area contributed by atoms with Crippen LogP contribution in [0.3, 0.4) is 0 Å². The number of carbonyl (C=O) groups excluding carboxylic acids is 6. The third-order valence-electron chi connectivity index (χ3n) is 9.92. The van der Waals surface area contributed by atoms with E-state index >= 15 is 0 Å². The van der Waals surface area contributed by atoms with Crippen molar-refractivity contribution in [3.05, 3.63) is 81.4 Å². The Kier molecular flexibility index (Phi) is 9.62. The number of fused-ring (bicyclic) bond motifs is 2. The molecule has 3 aromatic rings. The molecule has 0 saturated carbocycles. The average molecular weight is 698 g/mol. The SMILES string of the molecule is CCN(CCNC(=O)c1c(C)[nH]c(/C=C2\C(=O)N(C)c3ccc(F)cc32)c1C)CCNc1cccc2c1C(=O)N(C1CCC(=O)N(C)C1=O)C2=O. The maximum atomic E-state index is 14.0. The number of hydrogen-bond donors (Lipinski definition) is 3. The molecule has 0 aliphatic carbocycles. The zero-order chi connectivity index (χ0) is 36.7. The van der Waals surface area contributed by atoms with E-state index in [2.05, 4.69) is 20.5 Å². The number of aryl methyl sites for hydroxylation is 1. The molecule has 4 heterocycles. The number of nitrogens with one attached hydrogen (secondary N) is 3. The molecule has 0 radical (unpaired) electrons. The monoisotopic (exact) mass is 697 g/mol. The molecule has 1 saturated heterocycles. The van der Waals surface area contributed by atoms with Crippen LogP contribution in [0.2, 0.25) is 0 Å². The Morgan fingerprint density at radius 1 is 0.980 bits per heavy atom. The normalized spacial score (nSPS) is 18.0. The summed E-state index contributed by atoms with van der Waals surface area (Å²) in [6.45, 7) is 8.18. The number of imide groups is 2. The van der Waals surface area contributed by atoms with Crippen molar-refractivity contribution in [3.8, 4) is 0 Å². The zero-order valence-electron chi connectivity index (χ0n) is 29.2. The number of aromatic nitrogens is 1. The highest BCUT2D eigenvalue weighted by atomic mass is 19.1. The Balaban J connectivity index is 1.05. The highest BCUT2D eigenvalue weighted by Crippen LogP contribution is 2.38. The Hall–Kier alpha value is -5.63. The summed E-state index contributed by atoms with van der Waals surface area (Å²) in [5, 5.41) is 6.25. The van der Waals surface area contributed by atoms with E-state index in [4.69, 9.17) is 0 Å². The lowest BCUT2D eigenvalue weighted by Gasteiger charge is -2.32. The van der Waals surface area contributed by atoms with E-state index < -0.39 is 29.6 Å². The first-order valence-electron chi connectivity index (χ1n) is 16.9. The maximum Gasteiger partial charge on any atom is 0.264 e. The number of benzene rings is 2. The Morgan fingerprint density at radius 2 is 1.73 bits per heavy atom. The number of H-pyrrole nitrogens is 1. The molecule has 51 heavy (non-hydrogen) atoms. The van der Waals surface area contributed by atoms with Crippen molar-refractivity contribution in [1.82, 2.24) is 25.0 Å². The van der Waals surface area contributed by atoms with Gasteiger partial charge in [0.25, 0.3) is 29.5 Å². The molecule has 2 aromatic carbocycles. The highest BCUT2D eigenvalue weighted by Gasteiger charge is 2.47. The van der Waals surface area contributed by atoms with Gasteiger partial charge in [-0.1, -0.05) is 13.0 Å². The number of amides is 6. The molecule has 1 fully saturated rings. The van der Waals surface area contributed by atoms with Gasteiger partial charge in [0.1, 0.15) is 11.9 Å². The second-order valence-corrected chi connectivity index (χ2v) is 12.9. The van der Waals surface area contributed by atoms with Crippen molar-refractivity contribution in [2.24, 2.45) is 0 Å². The van der Waals surface area contributed by atoms with E-state index in [9.17, 15) is 33.2 Å². The van der Waals surface area contributed by atoms with Gasteiger partial charge < -0.3 is 25.4 Å². The van der Waals surface area contributed by atoms with Crippen LogP contribution in [-0.4, -0.2) is 108 Å². The van der Waals surface area contributed by atoms with Gasteiger partial charge in [-0.3, -0.25) is 38.6 Å². The predicted molar refractivity (Wildman–Crippen MR) is 189 cm³/mol. The fraction of sp³-hybridized carbons (Fsp3) is 0.351. The first kappa shape index (κ1) is 35.2. The lowest BCUT2D eigenvalue weighted by atomic mass is 10.0. The molecule has 14 heteroatoms. The number of nitrogens with zero attached hydrogens (tertiary/aromatic N) is 4. The van der Waals surface area contributed by atoms with Crippen LogP contribution in [0, 0.1) is 19.7 Å². The van der Waals surface area contributed by atoms with Crippen LogP contribution in [0.25, 0.3) is 11.6 Å². The van der Waals surface area contributed by atoms with Gasteiger partial charge in [-0.05, 0) is 68.8 Å². The van der Waals surface area contributed by atoms with E-state index in [1.165, 1.54) is 24.1 Å². The van der Waals surface area contributed by atoms with Gasteiger partial charge in [-0.25, -0.2) is 4.39 Å². The van der Waals surface area contributed by atoms with Crippen molar-refractivity contribution < 1.29 is 33.2 Å². The first-order chi connectivity index (χ1) is 24.3. The quantitative estimate of drug-likeness (QED) is 0.204. The number of anilines is 2. The fourth-order valence-corrected chi connectivity index (χ4v) is 7.03. The minimum absolute atomic E-state index is 0.0707. The molecule has 13 nitrogen and oxygen atoms in total. The van der Waals surface area contributed by atoms with Crippen molar-refractivity contribution in [3.63, 3.8) is 0 Å². The fourth-order valence-electron chi connectivity index (χ4n) is 7.03. The summed E-state index contributed by atoms with van der Waals surface area (Å²) in [7, 11) is 2.99. The minimum atomic E-state index is -1.02. The Labute approximate surface area is 294 Å². The number of aromatic amines is 1. The van der Waals surface area contributed by atoms with Gasteiger partial charge in [0.05, 0.1) is 28.0 Å². The molecule has 1 atom stereocenters. The van der Waals surface area contributed by atoms with Gasteiger partial charge in [0, 0.05) is 69.3 Å². The number of carbonyl (C=O) groups is 6. The average Bonchev–Trinajstić information content (AvgIpc) is 3.63. The summed E-state index contributed by atoms with van der Waals surface area (Å²) in [6, 6.07) is 8.15. The molecule has 3 aliphatic rings. The number of halogens is 1. The molecule has 0 spiro atoms. The Bertz CT molecular complexity index is 2020. The lowest BCUT2D eigenvalue weighted by molar-refractivity contribution is -0.149. The van der Waals surface area contributed by atoms with Crippen LogP contribution in [0.15, 0.2) is 36.4 Å². The highest BCUT2D eigenvalue weighted by molar-refractivity contribution is 6.35. The summed E-state index contributed by atoms with van der Waals surface area (Å²) in [5.41, 5.74) is 4.73. The molecule has 3 aliphatic heterocycles. The van der Waals surface area contributed by atoms with Gasteiger partial charge >= 0.3 is 0 Å². The van der Waals surface area contributed by atoms with Crippen LogP contribution in [-0.2, 0) is 14.4 Å². The van der Waals surface area contributed by atoms with E-state index in [-0.39, 0.29) is 41.7 Å². The standard InChI is InChI=1S/C37H40FN7O6/c1-6-44(16-14-39-26-9-7-8-23-32(26)37(51)45(35(23)49)29-12-13-30(46)43(5)36(29)50)17-15-40-33(47)31-20(2)27(41-21(31)3)19-25-24-18-22(38)10-11-28(24)42(4)34(25)48/h7-11,18-19,29,39,41H,6,12-17H2,1-5H3,(H,40,47)/b25-19-. The second-order valence-electron chi connectivity index (χ2n) is 12.9. The lowest BCUT2D eigenvalue weighted by Crippen LogP contribution is -2.54. The summed E-state index contributed by atoms with van der Waals surface area (Å²) in [4.78, 5) is 86.5. The van der Waals surface area contributed by atoms with E-state index in [0.717, 1.165) is 9.80 Å². The molecule has 0 bridgehead atoms. The second kappa shape index (κ2) is 13.9. The number of likely N-dealkylation sites (tertiary alicyclic amines) is 1. The topological polar surface area (TPSA) is 155 Å². The maximum absolute atomic E-state index is 14.0. The van der Waals surface area contributed by atoms with Crippen LogP contribution in [0.4, 0.5) is 15.8 Å². The van der Waals surface area contributed by atoms with Crippen molar-refractivity contribution >= 4 is 58.5 Å². The summed E-state index contributed by atoms with van der Waals surface area (Å²) in [6.07, 6.45) is 1.83. The molecule has 266 valence electrons. The third kappa shape index (κ3) is 6.31. The summed E-state index contributed by atoms with van der Waals surface area (Å²) < 4.78 is 14.0. The van der Waals surface area contributed by atoms with Crippen molar-refractivity contribution in [2.75, 3.05) is 57.0 Å². The van der Waals surface area contributed by atoms with Gasteiger partial charge in [0.2, 0.25) is 5.91 Å².